The molecule has 0 saturated carbocycles. The van der Waals surface area contributed by atoms with Crippen molar-refractivity contribution in [2.75, 3.05) is 6.61 Å². The first-order chi connectivity index (χ1) is 10.2. The molecule has 0 amide bonds. The molecule has 110 valence electrons. The van der Waals surface area contributed by atoms with E-state index in [1.54, 1.807) is 0 Å². The molecule has 5 nitrogen and oxygen atoms in total. The first-order valence-corrected chi connectivity index (χ1v) is 8.73. The van der Waals surface area contributed by atoms with Gasteiger partial charge in [-0.05, 0) is 0 Å². The summed E-state index contributed by atoms with van der Waals surface area (Å²) in [5.41, 5.74) is -0.777. The number of H-pyrrole nitrogens is 1. The molecule has 6 heteroatoms. The SMILES string of the molecule is O=c1ccn([C@@H]2OCCC[C@H]2[Se]c2ccccc2)c(=O)[nH]1. The molecule has 0 unspecified atom stereocenters. The Balaban J connectivity index is 1.87. The number of aromatic amines is 1. The van der Waals surface area contributed by atoms with E-state index in [4.69, 9.17) is 4.74 Å². The van der Waals surface area contributed by atoms with Crippen molar-refractivity contribution in [3.63, 3.8) is 0 Å². The molecule has 21 heavy (non-hydrogen) atoms. The third kappa shape index (κ3) is 3.35. The number of nitrogens with zero attached hydrogens (tertiary/aromatic N) is 1. The van der Waals surface area contributed by atoms with Crippen molar-refractivity contribution >= 4 is 19.4 Å². The fourth-order valence-corrected chi connectivity index (χ4v) is 5.09. The Hall–Kier alpha value is -1.62. The van der Waals surface area contributed by atoms with Crippen molar-refractivity contribution in [1.82, 2.24) is 9.55 Å². The number of hydrogen-bond acceptors (Lipinski definition) is 3. The molecule has 1 fully saturated rings. The van der Waals surface area contributed by atoms with E-state index < -0.39 is 5.69 Å². The second-order valence-corrected chi connectivity index (χ2v) is 7.64. The summed E-state index contributed by atoms with van der Waals surface area (Å²) < 4.78 is 8.63. The molecule has 3 rings (SSSR count). The molecule has 2 heterocycles. The summed E-state index contributed by atoms with van der Waals surface area (Å²) in [7, 11) is 0. The van der Waals surface area contributed by atoms with E-state index in [1.807, 2.05) is 18.2 Å². The van der Waals surface area contributed by atoms with Crippen LogP contribution in [0.1, 0.15) is 19.1 Å². The maximum absolute atomic E-state index is 12.0. The third-order valence-electron chi connectivity index (χ3n) is 3.40. The summed E-state index contributed by atoms with van der Waals surface area (Å²) in [6.45, 7) is 0.650. The van der Waals surface area contributed by atoms with Crippen LogP contribution < -0.4 is 15.7 Å². The topological polar surface area (TPSA) is 64.1 Å². The van der Waals surface area contributed by atoms with Crippen LogP contribution in [0.15, 0.2) is 52.2 Å². The minimum atomic E-state index is -0.400. The predicted molar refractivity (Wildman–Crippen MR) is 81.1 cm³/mol. The third-order valence-corrected chi connectivity index (χ3v) is 6.16. The number of nitrogens with one attached hydrogen (secondary N) is 1. The fraction of sp³-hybridized carbons (Fsp3) is 0.333. The van der Waals surface area contributed by atoms with Crippen LogP contribution in [0.5, 0.6) is 0 Å². The summed E-state index contributed by atoms with van der Waals surface area (Å²) in [4.78, 5) is 25.8. The van der Waals surface area contributed by atoms with Crippen LogP contribution in [-0.4, -0.2) is 31.1 Å². The van der Waals surface area contributed by atoms with Gasteiger partial charge in [0.2, 0.25) is 0 Å². The van der Waals surface area contributed by atoms with Gasteiger partial charge in [0.15, 0.2) is 0 Å². The van der Waals surface area contributed by atoms with Gasteiger partial charge in [0.25, 0.3) is 0 Å². The van der Waals surface area contributed by atoms with Crippen molar-refractivity contribution < 1.29 is 4.74 Å². The molecule has 1 N–H and O–H groups in total. The van der Waals surface area contributed by atoms with E-state index in [1.165, 1.54) is 21.3 Å². The average Bonchev–Trinajstić information content (AvgIpc) is 2.49. The summed E-state index contributed by atoms with van der Waals surface area (Å²) >= 11 is 0.224. The van der Waals surface area contributed by atoms with Crippen LogP contribution in [0.2, 0.25) is 4.82 Å². The van der Waals surface area contributed by atoms with Crippen molar-refractivity contribution in [2.45, 2.75) is 23.9 Å². The fourth-order valence-electron chi connectivity index (χ4n) is 2.42. The predicted octanol–water partition coefficient (Wildman–Crippen LogP) is 0.664. The molecule has 0 spiro atoms. The van der Waals surface area contributed by atoms with Crippen molar-refractivity contribution in [2.24, 2.45) is 0 Å². The second kappa shape index (κ2) is 6.43. The van der Waals surface area contributed by atoms with E-state index in [0.29, 0.717) is 6.61 Å². The van der Waals surface area contributed by atoms with Gasteiger partial charge in [-0.1, -0.05) is 0 Å². The van der Waals surface area contributed by atoms with Gasteiger partial charge in [-0.2, -0.15) is 0 Å². The van der Waals surface area contributed by atoms with Crippen molar-refractivity contribution in [3.05, 3.63) is 63.4 Å². The van der Waals surface area contributed by atoms with Gasteiger partial charge in [0.1, 0.15) is 0 Å². The number of hydrogen-bond donors (Lipinski definition) is 1. The summed E-state index contributed by atoms with van der Waals surface area (Å²) in [6, 6.07) is 11.7. The molecule has 0 radical (unpaired) electrons. The van der Waals surface area contributed by atoms with Gasteiger partial charge in [-0.25, -0.2) is 0 Å². The number of rotatable bonds is 3. The zero-order valence-corrected chi connectivity index (χ0v) is 13.1. The van der Waals surface area contributed by atoms with Crippen LogP contribution in [-0.2, 0) is 4.74 Å². The van der Waals surface area contributed by atoms with E-state index >= 15 is 0 Å². The van der Waals surface area contributed by atoms with E-state index in [9.17, 15) is 9.59 Å². The van der Waals surface area contributed by atoms with Crippen LogP contribution in [0, 0.1) is 0 Å². The van der Waals surface area contributed by atoms with Gasteiger partial charge >= 0.3 is 128 Å². The molecule has 1 saturated heterocycles. The summed E-state index contributed by atoms with van der Waals surface area (Å²) in [5, 5.41) is 0. The Bertz CT molecular complexity index is 711. The van der Waals surface area contributed by atoms with Gasteiger partial charge < -0.3 is 0 Å². The van der Waals surface area contributed by atoms with Crippen molar-refractivity contribution in [3.8, 4) is 0 Å². The zero-order chi connectivity index (χ0) is 14.7. The standard InChI is InChI=1S/C15H16N2O3Se/c18-13-8-9-17(15(19)16-13)14-12(7-4-10-20-14)21-11-5-2-1-3-6-11/h1-3,5-6,8-9,12,14H,4,7,10H2,(H,16,18,19)/t12-,14-/m1/s1. The molecule has 1 aromatic carbocycles. The van der Waals surface area contributed by atoms with Gasteiger partial charge in [0, 0.05) is 0 Å². The van der Waals surface area contributed by atoms with Crippen molar-refractivity contribution in [1.29, 1.82) is 0 Å². The maximum atomic E-state index is 12.0. The van der Waals surface area contributed by atoms with Gasteiger partial charge in [-0.15, -0.1) is 0 Å². The van der Waals surface area contributed by atoms with Crippen LogP contribution >= 0.6 is 0 Å². The van der Waals surface area contributed by atoms with Crippen LogP contribution in [0.25, 0.3) is 0 Å². The number of ether oxygens (including phenoxy) is 1. The Labute approximate surface area is 128 Å². The molecule has 0 aliphatic carbocycles. The summed E-state index contributed by atoms with van der Waals surface area (Å²) in [6.07, 6.45) is 3.29. The van der Waals surface area contributed by atoms with E-state index in [-0.39, 0.29) is 31.6 Å². The van der Waals surface area contributed by atoms with E-state index in [0.717, 1.165) is 12.8 Å². The molecule has 1 aliphatic heterocycles. The molecular formula is C15H16N2O3Se. The van der Waals surface area contributed by atoms with Crippen LogP contribution in [0.3, 0.4) is 0 Å². The molecule has 2 aromatic rings. The molecule has 2 atom stereocenters. The second-order valence-electron chi connectivity index (χ2n) is 4.89. The Morgan fingerprint density at radius 3 is 2.76 bits per heavy atom. The Morgan fingerprint density at radius 1 is 1.19 bits per heavy atom. The summed E-state index contributed by atoms with van der Waals surface area (Å²) in [5.74, 6) is 0. The monoisotopic (exact) mass is 352 g/mol. The number of aromatic nitrogens is 2. The minimum absolute atomic E-state index is 0.224. The van der Waals surface area contributed by atoms with Crippen LogP contribution in [0.4, 0.5) is 0 Å². The van der Waals surface area contributed by atoms with Gasteiger partial charge in [0.05, 0.1) is 0 Å². The molecular weight excluding hydrogens is 335 g/mol. The first kappa shape index (κ1) is 14.3. The average molecular weight is 351 g/mol. The van der Waals surface area contributed by atoms with Gasteiger partial charge in [-0.3, -0.25) is 0 Å². The Kier molecular flexibility index (Phi) is 4.39. The molecule has 0 bridgehead atoms. The Morgan fingerprint density at radius 2 is 2.00 bits per heavy atom. The molecule has 1 aliphatic rings. The zero-order valence-electron chi connectivity index (χ0n) is 11.4. The quantitative estimate of drug-likeness (QED) is 0.827. The first-order valence-electron chi connectivity index (χ1n) is 6.89. The van der Waals surface area contributed by atoms with E-state index in [2.05, 4.69) is 17.1 Å². The number of benzene rings is 1. The molecule has 1 aromatic heterocycles. The normalized spacial score (nSPS) is 22.1.